The summed E-state index contributed by atoms with van der Waals surface area (Å²) in [6.45, 7) is 0. The first-order chi connectivity index (χ1) is 10.7. The number of benzene rings is 1. The van der Waals surface area contributed by atoms with Gasteiger partial charge in [0.1, 0.15) is 11.3 Å². The van der Waals surface area contributed by atoms with Crippen LogP contribution in [0.2, 0.25) is 0 Å². The fraction of sp³-hybridized carbons (Fsp3) is 0.154. The summed E-state index contributed by atoms with van der Waals surface area (Å²) in [6, 6.07) is 0.283. The SMILES string of the molecule is COC(=O)/C=C(/Nc1cc(F)c(F)c(C(=O)O)c1F)C(=O)OC. The van der Waals surface area contributed by atoms with E-state index in [1.807, 2.05) is 5.32 Å². The number of halogens is 3. The third kappa shape index (κ3) is 3.99. The lowest BCUT2D eigenvalue weighted by molar-refractivity contribution is -0.138. The number of aromatic carboxylic acids is 1. The van der Waals surface area contributed by atoms with Crippen molar-refractivity contribution in [3.63, 3.8) is 0 Å². The summed E-state index contributed by atoms with van der Waals surface area (Å²) in [7, 11) is 1.94. The van der Waals surface area contributed by atoms with Crippen LogP contribution < -0.4 is 5.32 Å². The predicted molar refractivity (Wildman–Crippen MR) is 69.0 cm³/mol. The van der Waals surface area contributed by atoms with Crippen LogP contribution >= 0.6 is 0 Å². The number of anilines is 1. The minimum Gasteiger partial charge on any atom is -0.477 e. The maximum Gasteiger partial charge on any atom is 0.354 e. The molecule has 1 rings (SSSR count). The minimum atomic E-state index is -2.06. The molecule has 124 valence electrons. The van der Waals surface area contributed by atoms with Crippen LogP contribution in [0.5, 0.6) is 0 Å². The Morgan fingerprint density at radius 2 is 1.74 bits per heavy atom. The van der Waals surface area contributed by atoms with Crippen molar-refractivity contribution in [1.29, 1.82) is 0 Å². The fourth-order valence-corrected chi connectivity index (χ4v) is 1.46. The Morgan fingerprint density at radius 1 is 1.13 bits per heavy atom. The van der Waals surface area contributed by atoms with Crippen LogP contribution in [0, 0.1) is 17.5 Å². The van der Waals surface area contributed by atoms with Gasteiger partial charge in [-0.3, -0.25) is 0 Å². The first-order valence-corrected chi connectivity index (χ1v) is 5.78. The molecule has 0 heterocycles. The van der Waals surface area contributed by atoms with Gasteiger partial charge in [0.15, 0.2) is 17.5 Å². The summed E-state index contributed by atoms with van der Waals surface area (Å²) < 4.78 is 49.2. The largest absolute Gasteiger partial charge is 0.477 e. The number of methoxy groups -OCH3 is 2. The highest BCUT2D eigenvalue weighted by atomic mass is 19.2. The Balaban J connectivity index is 3.40. The van der Waals surface area contributed by atoms with Crippen molar-refractivity contribution in [2.75, 3.05) is 19.5 Å². The monoisotopic (exact) mass is 333 g/mol. The molecule has 0 bridgehead atoms. The average molecular weight is 333 g/mol. The molecule has 0 saturated heterocycles. The van der Waals surface area contributed by atoms with Gasteiger partial charge in [-0.2, -0.15) is 0 Å². The van der Waals surface area contributed by atoms with Crippen molar-refractivity contribution in [3.8, 4) is 0 Å². The molecule has 23 heavy (non-hydrogen) atoms. The van der Waals surface area contributed by atoms with Crippen LogP contribution in [0.25, 0.3) is 0 Å². The van der Waals surface area contributed by atoms with E-state index in [0.717, 1.165) is 14.2 Å². The Labute approximate surface area is 127 Å². The van der Waals surface area contributed by atoms with Crippen molar-refractivity contribution in [2.45, 2.75) is 0 Å². The van der Waals surface area contributed by atoms with E-state index in [9.17, 15) is 27.6 Å². The normalized spacial score (nSPS) is 10.9. The summed E-state index contributed by atoms with van der Waals surface area (Å²) in [5, 5.41) is 10.7. The van der Waals surface area contributed by atoms with Gasteiger partial charge in [0.25, 0.3) is 0 Å². The Kier molecular flexibility index (Phi) is 5.71. The zero-order chi connectivity index (χ0) is 17.7. The third-order valence-electron chi connectivity index (χ3n) is 2.51. The van der Waals surface area contributed by atoms with Gasteiger partial charge in [-0.25, -0.2) is 27.6 Å². The molecular weight excluding hydrogens is 323 g/mol. The molecule has 7 nitrogen and oxygen atoms in total. The van der Waals surface area contributed by atoms with Crippen LogP contribution in [0.1, 0.15) is 10.4 Å². The molecule has 0 fully saturated rings. The van der Waals surface area contributed by atoms with Gasteiger partial charge in [-0.05, 0) is 0 Å². The van der Waals surface area contributed by atoms with Crippen molar-refractivity contribution in [2.24, 2.45) is 0 Å². The number of hydrogen-bond donors (Lipinski definition) is 2. The van der Waals surface area contributed by atoms with Gasteiger partial charge in [-0.1, -0.05) is 0 Å². The number of esters is 2. The van der Waals surface area contributed by atoms with E-state index in [-0.39, 0.29) is 6.07 Å². The second-order valence-corrected chi connectivity index (χ2v) is 3.91. The number of carboxylic acid groups (broad SMARTS) is 1. The van der Waals surface area contributed by atoms with Crippen molar-refractivity contribution in [3.05, 3.63) is 40.9 Å². The fourth-order valence-electron chi connectivity index (χ4n) is 1.46. The van der Waals surface area contributed by atoms with Gasteiger partial charge in [0, 0.05) is 6.07 Å². The summed E-state index contributed by atoms with van der Waals surface area (Å²) in [5.41, 5.74) is -3.13. The lowest BCUT2D eigenvalue weighted by atomic mass is 10.1. The highest BCUT2D eigenvalue weighted by molar-refractivity contribution is 5.99. The van der Waals surface area contributed by atoms with Crippen LogP contribution in [0.15, 0.2) is 17.8 Å². The molecule has 0 unspecified atom stereocenters. The van der Waals surface area contributed by atoms with Gasteiger partial charge in [-0.15, -0.1) is 0 Å². The van der Waals surface area contributed by atoms with E-state index < -0.39 is 52.3 Å². The summed E-state index contributed by atoms with van der Waals surface area (Å²) >= 11 is 0. The lowest BCUT2D eigenvalue weighted by Crippen LogP contribution is -2.18. The molecule has 0 aliphatic heterocycles. The quantitative estimate of drug-likeness (QED) is 0.477. The minimum absolute atomic E-state index is 0.283. The number of rotatable bonds is 5. The first kappa shape index (κ1) is 18.0. The third-order valence-corrected chi connectivity index (χ3v) is 2.51. The number of carbonyl (C=O) groups is 3. The van der Waals surface area contributed by atoms with Gasteiger partial charge < -0.3 is 19.9 Å². The molecule has 0 spiro atoms. The number of carbonyl (C=O) groups excluding carboxylic acids is 2. The zero-order valence-electron chi connectivity index (χ0n) is 11.8. The zero-order valence-corrected chi connectivity index (χ0v) is 11.8. The molecule has 0 radical (unpaired) electrons. The Hall–Kier alpha value is -3.04. The molecule has 1 aromatic rings. The average Bonchev–Trinajstić information content (AvgIpc) is 2.50. The standard InChI is InChI=1S/C13H10F3NO6/c1-22-8(18)4-7(13(21)23-2)17-6-3-5(14)10(15)9(11(6)16)12(19)20/h3-4,17H,1-2H3,(H,19,20)/b7-4+. The van der Waals surface area contributed by atoms with Crippen molar-refractivity contribution in [1.82, 2.24) is 0 Å². The molecule has 0 aliphatic carbocycles. The number of ether oxygens (including phenoxy) is 2. The molecule has 10 heteroatoms. The van der Waals surface area contributed by atoms with Crippen LogP contribution in [-0.2, 0) is 19.1 Å². The lowest BCUT2D eigenvalue weighted by Gasteiger charge is -2.12. The van der Waals surface area contributed by atoms with E-state index >= 15 is 0 Å². The smallest absolute Gasteiger partial charge is 0.354 e. The first-order valence-electron chi connectivity index (χ1n) is 5.78. The van der Waals surface area contributed by atoms with Crippen molar-refractivity contribution < 1.29 is 42.1 Å². The Bertz CT molecular complexity index is 701. The van der Waals surface area contributed by atoms with E-state index in [1.165, 1.54) is 0 Å². The summed E-state index contributed by atoms with van der Waals surface area (Å²) in [6.07, 6.45) is 0.562. The predicted octanol–water partition coefficient (Wildman–Crippen LogP) is 1.44. The van der Waals surface area contributed by atoms with E-state index in [2.05, 4.69) is 9.47 Å². The number of hydrogen-bond acceptors (Lipinski definition) is 6. The van der Waals surface area contributed by atoms with E-state index in [0.29, 0.717) is 6.08 Å². The molecule has 1 aromatic carbocycles. The highest BCUT2D eigenvalue weighted by Gasteiger charge is 2.25. The van der Waals surface area contributed by atoms with Gasteiger partial charge >= 0.3 is 17.9 Å². The molecule has 0 amide bonds. The molecule has 0 aliphatic rings. The van der Waals surface area contributed by atoms with Crippen LogP contribution in [0.3, 0.4) is 0 Å². The maximum atomic E-state index is 14.0. The van der Waals surface area contributed by atoms with Gasteiger partial charge in [0.05, 0.1) is 26.0 Å². The summed E-state index contributed by atoms with van der Waals surface area (Å²) in [4.78, 5) is 33.4. The molecular formula is C13H10F3NO6. The number of nitrogens with one attached hydrogen (secondary N) is 1. The maximum absolute atomic E-state index is 14.0. The summed E-state index contributed by atoms with van der Waals surface area (Å²) in [5.74, 6) is -9.49. The molecule has 0 saturated carbocycles. The van der Waals surface area contributed by atoms with Crippen LogP contribution in [0.4, 0.5) is 18.9 Å². The second kappa shape index (κ2) is 7.29. The van der Waals surface area contributed by atoms with Crippen molar-refractivity contribution >= 4 is 23.6 Å². The number of carboxylic acids is 1. The van der Waals surface area contributed by atoms with Gasteiger partial charge in [0.2, 0.25) is 0 Å². The molecule has 0 atom stereocenters. The highest BCUT2D eigenvalue weighted by Crippen LogP contribution is 2.25. The topological polar surface area (TPSA) is 102 Å². The van der Waals surface area contributed by atoms with E-state index in [4.69, 9.17) is 5.11 Å². The van der Waals surface area contributed by atoms with Crippen LogP contribution in [-0.4, -0.2) is 37.2 Å². The van der Waals surface area contributed by atoms with E-state index in [1.54, 1.807) is 0 Å². The molecule has 2 N–H and O–H groups in total. The Morgan fingerprint density at radius 3 is 2.22 bits per heavy atom. The molecule has 0 aromatic heterocycles. The second-order valence-electron chi connectivity index (χ2n) is 3.91.